The Labute approximate surface area is 199 Å². The number of nitrogens with zero attached hydrogens (tertiary/aromatic N) is 1. The second kappa shape index (κ2) is 8.99. The molecular formula is C27H36N2O3Si. The fourth-order valence-corrected chi connectivity index (χ4v) is 6.12. The molecule has 0 bridgehead atoms. The van der Waals surface area contributed by atoms with Crippen LogP contribution in [-0.2, 0) is 11.0 Å². The van der Waals surface area contributed by atoms with E-state index >= 15 is 0 Å². The van der Waals surface area contributed by atoms with Crippen molar-refractivity contribution in [2.24, 2.45) is 11.3 Å². The minimum Gasteiger partial charge on any atom is -0.489 e. The van der Waals surface area contributed by atoms with Gasteiger partial charge in [-0.15, -0.1) is 0 Å². The lowest BCUT2D eigenvalue weighted by Gasteiger charge is -2.53. The maximum Gasteiger partial charge on any atom is 0.268 e. The minimum atomic E-state index is -0.680. The normalized spacial score (nSPS) is 18.5. The lowest BCUT2D eigenvalue weighted by Crippen LogP contribution is -2.58. The first-order valence-corrected chi connectivity index (χ1v) is 13.9. The predicted octanol–water partition coefficient (Wildman–Crippen LogP) is 5.09. The van der Waals surface area contributed by atoms with Crippen LogP contribution in [0, 0.1) is 11.3 Å². The molecule has 0 radical (unpaired) electrons. The van der Waals surface area contributed by atoms with E-state index in [4.69, 9.17) is 9.16 Å². The molecule has 0 spiro atoms. The predicted molar refractivity (Wildman–Crippen MR) is 137 cm³/mol. The van der Waals surface area contributed by atoms with Gasteiger partial charge in [0.2, 0.25) is 0 Å². The number of benzene rings is 2. The number of fused-ring (bicyclic) bond motifs is 3. The van der Waals surface area contributed by atoms with Crippen molar-refractivity contribution in [2.75, 3.05) is 6.54 Å². The van der Waals surface area contributed by atoms with Gasteiger partial charge < -0.3 is 19.0 Å². The van der Waals surface area contributed by atoms with Crippen molar-refractivity contribution in [1.29, 1.82) is 0 Å². The molecule has 1 aromatic heterocycles. The average Bonchev–Trinajstić information content (AvgIpc) is 3.18. The first kappa shape index (κ1) is 23.6. The molecule has 1 unspecified atom stereocenters. The van der Waals surface area contributed by atoms with Gasteiger partial charge in [0.25, 0.3) is 5.91 Å². The van der Waals surface area contributed by atoms with Crippen LogP contribution >= 0.6 is 0 Å². The Morgan fingerprint density at radius 3 is 2.52 bits per heavy atom. The Bertz CT molecular complexity index is 1140. The monoisotopic (exact) mass is 464 g/mol. The molecule has 0 aliphatic carbocycles. The van der Waals surface area contributed by atoms with Crippen LogP contribution < -0.4 is 10.1 Å². The van der Waals surface area contributed by atoms with Crippen molar-refractivity contribution in [1.82, 2.24) is 9.88 Å². The minimum absolute atomic E-state index is 0.00337. The molecular weight excluding hydrogens is 428 g/mol. The number of nitrogens with one attached hydrogen (secondary N) is 1. The van der Waals surface area contributed by atoms with E-state index in [9.17, 15) is 4.79 Å². The first-order valence-electron chi connectivity index (χ1n) is 11.9. The zero-order valence-corrected chi connectivity index (χ0v) is 22.1. The molecule has 3 aromatic rings. The second-order valence-electron chi connectivity index (χ2n) is 10.0. The average molecular weight is 465 g/mol. The highest BCUT2D eigenvalue weighted by atomic mass is 28.2. The Kier molecular flexibility index (Phi) is 6.42. The lowest BCUT2D eigenvalue weighted by molar-refractivity contribution is -0.0901. The Morgan fingerprint density at radius 1 is 1.12 bits per heavy atom. The summed E-state index contributed by atoms with van der Waals surface area (Å²) in [6, 6.07) is 18.2. The van der Waals surface area contributed by atoms with Crippen LogP contribution in [0.2, 0.25) is 6.55 Å². The molecule has 5 nitrogen and oxygen atoms in total. The van der Waals surface area contributed by atoms with Gasteiger partial charge in [-0.3, -0.25) is 4.79 Å². The summed E-state index contributed by atoms with van der Waals surface area (Å²) in [4.78, 5) is 12.9. The van der Waals surface area contributed by atoms with Crippen LogP contribution in [0.25, 0.3) is 10.9 Å². The zero-order valence-electron chi connectivity index (χ0n) is 20.6. The molecule has 0 saturated carbocycles. The molecule has 2 atom stereocenters. The zero-order chi connectivity index (χ0) is 23.8. The number of carbonyl (C=O) groups excluding carboxylic acids is 1. The fraction of sp³-hybridized carbons (Fsp3) is 0.444. The van der Waals surface area contributed by atoms with Crippen molar-refractivity contribution in [2.45, 2.75) is 59.4 Å². The highest BCUT2D eigenvalue weighted by molar-refractivity contribution is 6.25. The van der Waals surface area contributed by atoms with Gasteiger partial charge in [-0.2, -0.15) is 0 Å². The van der Waals surface area contributed by atoms with Crippen molar-refractivity contribution in [3.8, 4) is 5.75 Å². The summed E-state index contributed by atoms with van der Waals surface area (Å²) < 4.78 is 14.9. The van der Waals surface area contributed by atoms with Crippen LogP contribution in [0.5, 0.6) is 5.75 Å². The summed E-state index contributed by atoms with van der Waals surface area (Å²) in [5.74, 6) is 1.19. The Balaban J connectivity index is 1.75. The highest BCUT2D eigenvalue weighted by Crippen LogP contribution is 2.49. The van der Waals surface area contributed by atoms with Crippen molar-refractivity contribution < 1.29 is 14.0 Å². The summed E-state index contributed by atoms with van der Waals surface area (Å²) in [6.45, 7) is 14.6. The largest absolute Gasteiger partial charge is 0.489 e. The molecule has 2 aromatic carbocycles. The molecule has 33 heavy (non-hydrogen) atoms. The third-order valence-corrected chi connectivity index (χ3v) is 8.75. The van der Waals surface area contributed by atoms with Crippen molar-refractivity contribution in [3.05, 3.63) is 65.9 Å². The summed E-state index contributed by atoms with van der Waals surface area (Å²) >= 11 is 0. The van der Waals surface area contributed by atoms with Gasteiger partial charge >= 0.3 is 0 Å². The van der Waals surface area contributed by atoms with Gasteiger partial charge in [-0.1, -0.05) is 64.6 Å². The molecule has 4 rings (SSSR count). The standard InChI is InChI=1S/C27H36N2O3Si/c1-18(2)26(3,4)27(5,32-33-6)24-16-28-25(30)23-15-20-14-21(12-13-22(20)29(23)24)31-17-19-10-8-7-9-11-19/h7-15,18,24H,16-17,33H2,1-6H3,(H,28,30)/t24-,27?/m0/s1. The van der Waals surface area contributed by atoms with Crippen molar-refractivity contribution in [3.63, 3.8) is 0 Å². The van der Waals surface area contributed by atoms with E-state index in [1.165, 1.54) is 0 Å². The topological polar surface area (TPSA) is 52.5 Å². The van der Waals surface area contributed by atoms with Gasteiger partial charge in [-0.25, -0.2) is 0 Å². The van der Waals surface area contributed by atoms with Crippen LogP contribution in [0.1, 0.15) is 56.7 Å². The first-order chi connectivity index (χ1) is 15.7. The van der Waals surface area contributed by atoms with E-state index in [-0.39, 0.29) is 17.4 Å². The maximum atomic E-state index is 12.9. The second-order valence-corrected chi connectivity index (χ2v) is 10.9. The summed E-state index contributed by atoms with van der Waals surface area (Å²) in [5, 5.41) is 4.14. The number of carbonyl (C=O) groups is 1. The van der Waals surface area contributed by atoms with E-state index < -0.39 is 15.4 Å². The fourth-order valence-electron chi connectivity index (χ4n) is 4.95. The number of aromatic nitrogens is 1. The molecule has 6 heteroatoms. The van der Waals surface area contributed by atoms with E-state index in [0.29, 0.717) is 24.8 Å². The van der Waals surface area contributed by atoms with Crippen LogP contribution in [0.4, 0.5) is 0 Å². The van der Waals surface area contributed by atoms with Gasteiger partial charge in [0.05, 0.1) is 11.6 Å². The van der Waals surface area contributed by atoms with Crippen molar-refractivity contribution >= 4 is 26.6 Å². The molecule has 1 aliphatic rings. The van der Waals surface area contributed by atoms with Crippen LogP contribution in [0.15, 0.2) is 54.6 Å². The number of ether oxygens (including phenoxy) is 1. The third-order valence-electron chi connectivity index (χ3n) is 7.86. The van der Waals surface area contributed by atoms with Gasteiger partial charge in [0, 0.05) is 17.4 Å². The number of hydrogen-bond acceptors (Lipinski definition) is 3. The van der Waals surface area contributed by atoms with Gasteiger partial charge in [0.1, 0.15) is 18.1 Å². The summed E-state index contributed by atoms with van der Waals surface area (Å²) in [5.41, 5.74) is 2.35. The molecule has 176 valence electrons. The summed E-state index contributed by atoms with van der Waals surface area (Å²) in [7, 11) is -0.680. The lowest BCUT2D eigenvalue weighted by atomic mass is 9.65. The van der Waals surface area contributed by atoms with Crippen LogP contribution in [0.3, 0.4) is 0 Å². The molecule has 0 fully saturated rings. The van der Waals surface area contributed by atoms with E-state index in [2.05, 4.69) is 69.2 Å². The Morgan fingerprint density at radius 2 is 1.85 bits per heavy atom. The maximum absolute atomic E-state index is 12.9. The molecule has 1 N–H and O–H groups in total. The Hall–Kier alpha value is -2.57. The molecule has 2 heterocycles. The SMILES string of the molecule is C[SiH2]OC(C)([C@@H]1CNC(=O)c2cc3cc(OCc4ccccc4)ccc3n21)C(C)(C)C(C)C. The number of amides is 1. The summed E-state index contributed by atoms with van der Waals surface area (Å²) in [6.07, 6.45) is 0. The van der Waals surface area contributed by atoms with E-state index in [1.54, 1.807) is 0 Å². The van der Waals surface area contributed by atoms with E-state index in [0.717, 1.165) is 22.2 Å². The van der Waals surface area contributed by atoms with E-state index in [1.807, 2.05) is 36.4 Å². The van der Waals surface area contributed by atoms with Gasteiger partial charge in [-0.05, 0) is 48.1 Å². The molecule has 0 saturated heterocycles. The molecule has 1 aliphatic heterocycles. The molecule has 1 amide bonds. The number of hydrogen-bond donors (Lipinski definition) is 1. The smallest absolute Gasteiger partial charge is 0.268 e. The highest BCUT2D eigenvalue weighted by Gasteiger charge is 2.51. The van der Waals surface area contributed by atoms with Gasteiger partial charge in [0.15, 0.2) is 9.76 Å². The quantitative estimate of drug-likeness (QED) is 0.472. The van der Waals surface area contributed by atoms with Crippen LogP contribution in [-0.4, -0.2) is 32.4 Å². The third kappa shape index (κ3) is 4.11. The number of rotatable bonds is 8.